The molecule has 2 N–H and O–H groups in total. The van der Waals surface area contributed by atoms with E-state index in [1.165, 1.54) is 21.4 Å². The van der Waals surface area contributed by atoms with Gasteiger partial charge < -0.3 is 5.84 Å². The van der Waals surface area contributed by atoms with Crippen molar-refractivity contribution >= 4 is 23.4 Å². The van der Waals surface area contributed by atoms with Gasteiger partial charge >= 0.3 is 0 Å². The first kappa shape index (κ1) is 15.9. The van der Waals surface area contributed by atoms with Gasteiger partial charge in [-0.3, -0.25) is 0 Å². The van der Waals surface area contributed by atoms with Gasteiger partial charge in [0.1, 0.15) is 0 Å². The Bertz CT molecular complexity index is 827. The highest BCUT2D eigenvalue weighted by molar-refractivity contribution is 7.98. The minimum atomic E-state index is 0.630. The lowest BCUT2D eigenvalue weighted by molar-refractivity contribution is 0.849. The number of rotatable bonds is 4. The van der Waals surface area contributed by atoms with E-state index in [1.807, 2.05) is 24.3 Å². The topological polar surface area (TPSA) is 56.7 Å². The summed E-state index contributed by atoms with van der Waals surface area (Å²) in [6.07, 6.45) is 0. The van der Waals surface area contributed by atoms with Crippen molar-refractivity contribution in [3.8, 4) is 11.4 Å². The van der Waals surface area contributed by atoms with Crippen molar-refractivity contribution in [1.29, 1.82) is 0 Å². The molecule has 0 fully saturated rings. The van der Waals surface area contributed by atoms with Crippen molar-refractivity contribution < 1.29 is 0 Å². The number of nitrogens with zero attached hydrogens (tertiary/aromatic N) is 3. The van der Waals surface area contributed by atoms with Crippen molar-refractivity contribution in [3.63, 3.8) is 0 Å². The molecule has 2 aromatic carbocycles. The van der Waals surface area contributed by atoms with E-state index < -0.39 is 0 Å². The number of hydrogen-bond acceptors (Lipinski definition) is 4. The molecular weight excluding hydrogens is 328 g/mol. The van der Waals surface area contributed by atoms with Gasteiger partial charge in [0.05, 0.1) is 0 Å². The second-order valence-electron chi connectivity index (χ2n) is 5.40. The molecule has 0 bridgehead atoms. The van der Waals surface area contributed by atoms with Crippen molar-refractivity contribution in [2.75, 3.05) is 5.84 Å². The van der Waals surface area contributed by atoms with E-state index in [4.69, 9.17) is 17.4 Å². The molecule has 0 aliphatic carbocycles. The summed E-state index contributed by atoms with van der Waals surface area (Å²) in [5.74, 6) is 7.58. The van der Waals surface area contributed by atoms with Gasteiger partial charge in [-0.1, -0.05) is 47.1 Å². The molecule has 118 valence electrons. The molecule has 3 aromatic rings. The van der Waals surface area contributed by atoms with E-state index >= 15 is 0 Å². The number of thioether (sulfide) groups is 1. The van der Waals surface area contributed by atoms with Crippen LogP contribution in [-0.4, -0.2) is 14.9 Å². The summed E-state index contributed by atoms with van der Waals surface area (Å²) in [5, 5.41) is 9.76. The minimum Gasteiger partial charge on any atom is -0.335 e. The Morgan fingerprint density at radius 2 is 1.83 bits per heavy atom. The maximum absolute atomic E-state index is 6.14. The van der Waals surface area contributed by atoms with Gasteiger partial charge in [0.15, 0.2) is 5.82 Å². The normalized spacial score (nSPS) is 10.9. The van der Waals surface area contributed by atoms with Gasteiger partial charge in [-0.25, -0.2) is 4.68 Å². The molecule has 0 aliphatic heterocycles. The molecule has 0 radical (unpaired) electrons. The summed E-state index contributed by atoms with van der Waals surface area (Å²) < 4.78 is 1.53. The molecule has 23 heavy (non-hydrogen) atoms. The van der Waals surface area contributed by atoms with Crippen LogP contribution in [0.15, 0.2) is 47.6 Å². The summed E-state index contributed by atoms with van der Waals surface area (Å²) in [5.41, 5.74) is 4.69. The predicted octanol–water partition coefficient (Wildman–Crippen LogP) is 4.22. The lowest BCUT2D eigenvalue weighted by Gasteiger charge is -2.07. The second kappa shape index (κ2) is 6.64. The molecule has 4 nitrogen and oxygen atoms in total. The number of halogens is 1. The van der Waals surface area contributed by atoms with Gasteiger partial charge in [-0.05, 0) is 49.2 Å². The van der Waals surface area contributed by atoms with Gasteiger partial charge in [0, 0.05) is 16.3 Å². The molecular formula is C17H17ClN4S. The molecule has 0 saturated heterocycles. The Morgan fingerprint density at radius 3 is 2.57 bits per heavy atom. The van der Waals surface area contributed by atoms with Crippen LogP contribution in [0.2, 0.25) is 5.02 Å². The van der Waals surface area contributed by atoms with E-state index in [9.17, 15) is 0 Å². The van der Waals surface area contributed by atoms with Crippen molar-refractivity contribution in [1.82, 2.24) is 14.9 Å². The Kier molecular flexibility index (Phi) is 4.59. The standard InChI is InChI=1S/C17H17ClN4S/c1-11-3-4-12(2)14(9-11)10-23-17-21-20-16(22(17)19)13-5-7-15(18)8-6-13/h3-9H,10,19H2,1-2H3. The molecule has 6 heteroatoms. The summed E-state index contributed by atoms with van der Waals surface area (Å²) in [7, 11) is 0. The number of nitrogen functional groups attached to an aromatic ring is 1. The monoisotopic (exact) mass is 344 g/mol. The van der Waals surface area contributed by atoms with Crippen LogP contribution in [0.5, 0.6) is 0 Å². The van der Waals surface area contributed by atoms with E-state index in [1.54, 1.807) is 11.8 Å². The molecule has 0 atom stereocenters. The third-order valence-corrected chi connectivity index (χ3v) is 4.87. The molecule has 0 aliphatic rings. The average Bonchev–Trinajstić information content (AvgIpc) is 2.90. The van der Waals surface area contributed by atoms with Crippen LogP contribution >= 0.6 is 23.4 Å². The van der Waals surface area contributed by atoms with Crippen LogP contribution < -0.4 is 5.84 Å². The number of nitrogens with two attached hydrogens (primary N) is 1. The van der Waals surface area contributed by atoms with Gasteiger partial charge in [-0.15, -0.1) is 10.2 Å². The predicted molar refractivity (Wildman–Crippen MR) is 96.1 cm³/mol. The van der Waals surface area contributed by atoms with E-state index in [2.05, 4.69) is 42.2 Å². The lowest BCUT2D eigenvalue weighted by atomic mass is 10.1. The highest BCUT2D eigenvalue weighted by atomic mass is 35.5. The number of hydrogen-bond donors (Lipinski definition) is 1. The summed E-state index contributed by atoms with van der Waals surface area (Å²) >= 11 is 7.49. The smallest absolute Gasteiger partial charge is 0.210 e. The van der Waals surface area contributed by atoms with Gasteiger partial charge in [0.25, 0.3) is 0 Å². The van der Waals surface area contributed by atoms with Crippen LogP contribution in [0.25, 0.3) is 11.4 Å². The Morgan fingerprint density at radius 1 is 1.09 bits per heavy atom. The Hall–Kier alpha value is -1.98. The molecule has 3 rings (SSSR count). The van der Waals surface area contributed by atoms with E-state index in [0.29, 0.717) is 16.0 Å². The van der Waals surface area contributed by atoms with E-state index in [-0.39, 0.29) is 0 Å². The Balaban J connectivity index is 1.79. The molecule has 0 unspecified atom stereocenters. The minimum absolute atomic E-state index is 0.630. The highest BCUT2D eigenvalue weighted by Crippen LogP contribution is 2.26. The average molecular weight is 345 g/mol. The van der Waals surface area contributed by atoms with Crippen LogP contribution in [0.3, 0.4) is 0 Å². The molecule has 1 aromatic heterocycles. The molecule has 1 heterocycles. The van der Waals surface area contributed by atoms with E-state index in [0.717, 1.165) is 11.3 Å². The fraction of sp³-hybridized carbons (Fsp3) is 0.176. The fourth-order valence-electron chi connectivity index (χ4n) is 2.27. The second-order valence-corrected chi connectivity index (χ2v) is 6.78. The van der Waals surface area contributed by atoms with Crippen molar-refractivity contribution in [2.45, 2.75) is 24.8 Å². The van der Waals surface area contributed by atoms with Crippen LogP contribution in [-0.2, 0) is 5.75 Å². The van der Waals surface area contributed by atoms with Crippen molar-refractivity contribution in [2.24, 2.45) is 0 Å². The summed E-state index contributed by atoms with van der Waals surface area (Å²) in [6, 6.07) is 13.8. The zero-order valence-electron chi connectivity index (χ0n) is 13.0. The van der Waals surface area contributed by atoms with Crippen LogP contribution in [0, 0.1) is 13.8 Å². The SMILES string of the molecule is Cc1ccc(C)c(CSc2nnc(-c3ccc(Cl)cc3)n2N)c1. The van der Waals surface area contributed by atoms with Crippen molar-refractivity contribution in [3.05, 3.63) is 64.2 Å². The fourth-order valence-corrected chi connectivity index (χ4v) is 3.32. The first-order valence-electron chi connectivity index (χ1n) is 7.20. The molecule has 0 spiro atoms. The van der Waals surface area contributed by atoms with Gasteiger partial charge in [-0.2, -0.15) is 0 Å². The first-order chi connectivity index (χ1) is 11.0. The zero-order chi connectivity index (χ0) is 16.4. The third-order valence-electron chi connectivity index (χ3n) is 3.63. The van der Waals surface area contributed by atoms with Crippen LogP contribution in [0.4, 0.5) is 0 Å². The largest absolute Gasteiger partial charge is 0.335 e. The maximum Gasteiger partial charge on any atom is 0.210 e. The number of aryl methyl sites for hydroxylation is 2. The first-order valence-corrected chi connectivity index (χ1v) is 8.56. The highest BCUT2D eigenvalue weighted by Gasteiger charge is 2.12. The lowest BCUT2D eigenvalue weighted by Crippen LogP contribution is -2.11. The quantitative estimate of drug-likeness (QED) is 0.568. The maximum atomic E-state index is 6.14. The number of benzene rings is 2. The summed E-state index contributed by atoms with van der Waals surface area (Å²) in [4.78, 5) is 0. The number of aromatic nitrogens is 3. The third kappa shape index (κ3) is 3.51. The summed E-state index contributed by atoms with van der Waals surface area (Å²) in [6.45, 7) is 4.21. The van der Waals surface area contributed by atoms with Crippen LogP contribution in [0.1, 0.15) is 16.7 Å². The van der Waals surface area contributed by atoms with Gasteiger partial charge in [0.2, 0.25) is 5.16 Å². The Labute approximate surface area is 144 Å². The zero-order valence-corrected chi connectivity index (χ0v) is 14.5. The molecule has 0 saturated carbocycles. The molecule has 0 amide bonds.